The molecule has 0 amide bonds. The molecular formula is C27H27F3N4. The number of fused-ring (bicyclic) bond motifs is 1. The van der Waals surface area contributed by atoms with Gasteiger partial charge in [-0.1, -0.05) is 44.4 Å². The highest BCUT2D eigenvalue weighted by Crippen LogP contribution is 2.38. The molecule has 0 radical (unpaired) electrons. The maximum absolute atomic E-state index is 13.1. The molecule has 0 spiro atoms. The van der Waals surface area contributed by atoms with Gasteiger partial charge in [-0.3, -0.25) is 14.6 Å². The maximum atomic E-state index is 13.1. The Morgan fingerprint density at radius 2 is 1.76 bits per heavy atom. The third-order valence-electron chi connectivity index (χ3n) is 6.87. The van der Waals surface area contributed by atoms with E-state index in [2.05, 4.69) is 23.2 Å². The number of aryl methyl sites for hydroxylation is 1. The van der Waals surface area contributed by atoms with Crippen LogP contribution in [0.2, 0.25) is 0 Å². The lowest BCUT2D eigenvalue weighted by molar-refractivity contribution is -0.137. The minimum Gasteiger partial charge on any atom is -0.272 e. The Labute approximate surface area is 196 Å². The van der Waals surface area contributed by atoms with E-state index in [9.17, 15) is 13.2 Å². The molecule has 0 unspecified atom stereocenters. The molecule has 34 heavy (non-hydrogen) atoms. The van der Waals surface area contributed by atoms with E-state index in [0.717, 1.165) is 46.9 Å². The van der Waals surface area contributed by atoms with E-state index in [1.165, 1.54) is 32.1 Å². The van der Waals surface area contributed by atoms with Gasteiger partial charge in [0.2, 0.25) is 0 Å². The minimum atomic E-state index is -4.42. The van der Waals surface area contributed by atoms with E-state index in [-0.39, 0.29) is 5.41 Å². The summed E-state index contributed by atoms with van der Waals surface area (Å²) in [6.45, 7) is 5.16. The van der Waals surface area contributed by atoms with Crippen LogP contribution in [0.25, 0.3) is 33.3 Å². The summed E-state index contributed by atoms with van der Waals surface area (Å²) in [4.78, 5) is 8.85. The van der Waals surface area contributed by atoms with Gasteiger partial charge in [0.25, 0.3) is 0 Å². The molecule has 1 aliphatic carbocycles. The van der Waals surface area contributed by atoms with Gasteiger partial charge in [-0.05, 0) is 43.4 Å². The molecule has 1 fully saturated rings. The molecular weight excluding hydrogens is 437 g/mol. The summed E-state index contributed by atoms with van der Waals surface area (Å²) in [5, 5.41) is 5.09. The number of halogens is 3. The molecule has 1 aromatic carbocycles. The van der Waals surface area contributed by atoms with Crippen molar-refractivity contribution in [3.63, 3.8) is 0 Å². The predicted molar refractivity (Wildman–Crippen MR) is 127 cm³/mol. The SMILES string of the molecule is Cc1ccc(-c2cnn(CC3(C)CCCCC3)c2)c(-c2ccc3cc(C(F)(F)F)cnc3c2)n1. The Hall–Kier alpha value is -3.22. The molecule has 0 atom stereocenters. The molecule has 3 aromatic heterocycles. The first-order chi connectivity index (χ1) is 16.2. The minimum absolute atomic E-state index is 0.273. The second-order valence-electron chi connectivity index (χ2n) is 9.78. The van der Waals surface area contributed by atoms with Crippen molar-refractivity contribution in [1.82, 2.24) is 19.7 Å². The van der Waals surface area contributed by atoms with Gasteiger partial charge in [0.05, 0.1) is 23.0 Å². The van der Waals surface area contributed by atoms with Crippen LogP contribution in [0.5, 0.6) is 0 Å². The van der Waals surface area contributed by atoms with Gasteiger partial charge in [0.1, 0.15) is 0 Å². The highest BCUT2D eigenvalue weighted by Gasteiger charge is 2.31. The molecule has 176 valence electrons. The Bertz CT molecular complexity index is 1330. The van der Waals surface area contributed by atoms with Gasteiger partial charge in [-0.25, -0.2) is 0 Å². The maximum Gasteiger partial charge on any atom is 0.417 e. The van der Waals surface area contributed by atoms with Gasteiger partial charge >= 0.3 is 6.18 Å². The van der Waals surface area contributed by atoms with Crippen molar-refractivity contribution in [1.29, 1.82) is 0 Å². The lowest BCUT2D eigenvalue weighted by Crippen LogP contribution is -2.26. The van der Waals surface area contributed by atoms with Crippen LogP contribution >= 0.6 is 0 Å². The molecule has 0 N–H and O–H groups in total. The summed E-state index contributed by atoms with van der Waals surface area (Å²) in [5.74, 6) is 0. The fourth-order valence-corrected chi connectivity index (χ4v) is 4.98. The molecule has 4 nitrogen and oxygen atoms in total. The van der Waals surface area contributed by atoms with Crippen LogP contribution in [-0.2, 0) is 12.7 Å². The summed E-state index contributed by atoms with van der Waals surface area (Å²) in [5.41, 5.74) is 4.38. The molecule has 1 aliphatic rings. The van der Waals surface area contributed by atoms with Crippen LogP contribution in [-0.4, -0.2) is 19.7 Å². The molecule has 1 saturated carbocycles. The van der Waals surface area contributed by atoms with E-state index in [0.29, 0.717) is 10.9 Å². The molecule has 5 rings (SSSR count). The Morgan fingerprint density at radius 3 is 2.53 bits per heavy atom. The third kappa shape index (κ3) is 4.56. The second-order valence-corrected chi connectivity index (χ2v) is 9.78. The Kier molecular flexibility index (Phi) is 5.66. The summed E-state index contributed by atoms with van der Waals surface area (Å²) < 4.78 is 41.2. The number of hydrogen-bond acceptors (Lipinski definition) is 3. The molecule has 7 heteroatoms. The molecule has 3 heterocycles. The van der Waals surface area contributed by atoms with Crippen molar-refractivity contribution in [3.05, 3.63) is 66.2 Å². The highest BCUT2D eigenvalue weighted by atomic mass is 19.4. The first-order valence-corrected chi connectivity index (χ1v) is 11.7. The zero-order valence-corrected chi connectivity index (χ0v) is 19.4. The van der Waals surface area contributed by atoms with Crippen LogP contribution in [0, 0.1) is 12.3 Å². The van der Waals surface area contributed by atoms with Crippen molar-refractivity contribution < 1.29 is 13.2 Å². The Balaban J connectivity index is 1.50. The quantitative estimate of drug-likeness (QED) is 0.315. The van der Waals surface area contributed by atoms with Crippen LogP contribution in [0.3, 0.4) is 0 Å². The van der Waals surface area contributed by atoms with E-state index in [4.69, 9.17) is 4.98 Å². The third-order valence-corrected chi connectivity index (χ3v) is 6.87. The largest absolute Gasteiger partial charge is 0.417 e. The number of rotatable bonds is 4. The average molecular weight is 465 g/mol. The van der Waals surface area contributed by atoms with Gasteiger partial charge < -0.3 is 0 Å². The van der Waals surface area contributed by atoms with Crippen molar-refractivity contribution >= 4 is 10.9 Å². The topological polar surface area (TPSA) is 43.6 Å². The fraction of sp³-hybridized carbons (Fsp3) is 0.370. The summed E-state index contributed by atoms with van der Waals surface area (Å²) in [6, 6.07) is 10.4. The molecule has 0 aliphatic heterocycles. The van der Waals surface area contributed by atoms with E-state index < -0.39 is 11.7 Å². The lowest BCUT2D eigenvalue weighted by Gasteiger charge is -2.33. The highest BCUT2D eigenvalue weighted by molar-refractivity contribution is 5.88. The van der Waals surface area contributed by atoms with E-state index >= 15 is 0 Å². The van der Waals surface area contributed by atoms with Gasteiger partial charge in [-0.15, -0.1) is 0 Å². The van der Waals surface area contributed by atoms with Crippen LogP contribution in [0.1, 0.15) is 50.3 Å². The van der Waals surface area contributed by atoms with Crippen LogP contribution < -0.4 is 0 Å². The first kappa shape index (κ1) is 22.6. The van der Waals surface area contributed by atoms with E-state index in [1.54, 1.807) is 12.1 Å². The molecule has 0 bridgehead atoms. The molecule has 0 saturated heterocycles. The van der Waals surface area contributed by atoms with Crippen LogP contribution in [0.4, 0.5) is 13.2 Å². The van der Waals surface area contributed by atoms with Gasteiger partial charge in [0, 0.05) is 46.7 Å². The number of alkyl halides is 3. The predicted octanol–water partition coefficient (Wildman–Crippen LogP) is 7.46. The second kappa shape index (κ2) is 8.53. The van der Waals surface area contributed by atoms with Crippen molar-refractivity contribution in [2.75, 3.05) is 0 Å². The number of hydrogen-bond donors (Lipinski definition) is 0. The number of aromatic nitrogens is 4. The number of benzene rings is 1. The monoisotopic (exact) mass is 464 g/mol. The lowest BCUT2D eigenvalue weighted by atomic mass is 9.76. The van der Waals surface area contributed by atoms with Crippen molar-refractivity contribution in [2.45, 2.75) is 58.7 Å². The summed E-state index contributed by atoms with van der Waals surface area (Å²) >= 11 is 0. The molecule has 4 aromatic rings. The van der Waals surface area contributed by atoms with Crippen molar-refractivity contribution in [2.24, 2.45) is 5.41 Å². The average Bonchev–Trinajstić information content (AvgIpc) is 3.25. The zero-order valence-electron chi connectivity index (χ0n) is 19.4. The van der Waals surface area contributed by atoms with E-state index in [1.807, 2.05) is 36.0 Å². The van der Waals surface area contributed by atoms with Gasteiger partial charge in [-0.2, -0.15) is 18.3 Å². The summed E-state index contributed by atoms with van der Waals surface area (Å²) in [6.07, 6.45) is 6.72. The van der Waals surface area contributed by atoms with Gasteiger partial charge in [0.15, 0.2) is 0 Å². The summed E-state index contributed by atoms with van der Waals surface area (Å²) in [7, 11) is 0. The smallest absolute Gasteiger partial charge is 0.272 e. The zero-order chi connectivity index (χ0) is 23.9. The van der Waals surface area contributed by atoms with Crippen LogP contribution in [0.15, 0.2) is 55.0 Å². The first-order valence-electron chi connectivity index (χ1n) is 11.7. The number of nitrogens with zero attached hydrogens (tertiary/aromatic N) is 4. The number of pyridine rings is 2. The Morgan fingerprint density at radius 1 is 0.971 bits per heavy atom. The standard InChI is InChI=1S/C27H27F3N4/c1-18-6-9-23(21-14-32-34(16-21)17-26(2)10-4-3-5-11-26)25(33-18)20-8-7-19-12-22(27(28,29)30)15-31-24(19)13-20/h6-9,12-16H,3-5,10-11,17H2,1-2H3. The van der Waals surface area contributed by atoms with Crippen molar-refractivity contribution in [3.8, 4) is 22.4 Å². The fourth-order valence-electron chi connectivity index (χ4n) is 4.98. The normalized spacial score (nSPS) is 16.1.